The molecule has 0 unspecified atom stereocenters. The quantitative estimate of drug-likeness (QED) is 0.682. The lowest BCUT2D eigenvalue weighted by Crippen LogP contribution is -2.28. The van der Waals surface area contributed by atoms with E-state index in [1.165, 1.54) is 0 Å². The van der Waals surface area contributed by atoms with Crippen LogP contribution in [0.3, 0.4) is 0 Å². The number of sulfonamides is 1. The molecule has 0 radical (unpaired) electrons. The zero-order valence-electron chi connectivity index (χ0n) is 13.1. The molecule has 0 spiro atoms. The van der Waals surface area contributed by atoms with Crippen molar-refractivity contribution in [3.05, 3.63) is 72.3 Å². The Kier molecular flexibility index (Phi) is 4.96. The van der Waals surface area contributed by atoms with E-state index in [0.717, 1.165) is 22.9 Å². The third-order valence-electron chi connectivity index (χ3n) is 3.59. The summed E-state index contributed by atoms with van der Waals surface area (Å²) in [5, 5.41) is 2.09. The average molecular weight is 363 g/mol. The van der Waals surface area contributed by atoms with E-state index in [4.69, 9.17) is 4.74 Å². The molecule has 4 nitrogen and oxygen atoms in total. The Hall–Kier alpha value is -2.51. The first-order valence-corrected chi connectivity index (χ1v) is 9.00. The van der Waals surface area contributed by atoms with E-state index < -0.39 is 21.7 Å². The molecule has 0 amide bonds. The number of fused-ring (bicyclic) bond motifs is 1. The van der Waals surface area contributed by atoms with Crippen molar-refractivity contribution in [1.82, 2.24) is 4.72 Å². The highest BCUT2D eigenvalue weighted by atomic mass is 32.2. The zero-order chi connectivity index (χ0) is 17.9. The Morgan fingerprint density at radius 2 is 1.64 bits per heavy atom. The second-order valence-electron chi connectivity index (χ2n) is 5.33. The number of hydrogen-bond acceptors (Lipinski definition) is 3. The molecule has 0 fully saturated rings. The monoisotopic (exact) mass is 363 g/mol. The second-order valence-corrected chi connectivity index (χ2v) is 7.10. The summed E-state index contributed by atoms with van der Waals surface area (Å²) in [6.07, 6.45) is 0. The third kappa shape index (κ3) is 4.12. The van der Waals surface area contributed by atoms with Crippen LogP contribution in [0.5, 0.6) is 5.75 Å². The molecule has 0 aromatic heterocycles. The molecule has 3 rings (SSSR count). The summed E-state index contributed by atoms with van der Waals surface area (Å²) in [7, 11) is -3.93. The minimum absolute atomic E-state index is 0.00580. The summed E-state index contributed by atoms with van der Waals surface area (Å²) in [5.41, 5.74) is 0. The van der Waals surface area contributed by atoms with Crippen LogP contribution in [-0.4, -0.2) is 21.6 Å². The first kappa shape index (κ1) is 17.3. The van der Waals surface area contributed by atoms with Crippen LogP contribution >= 0.6 is 0 Å². The summed E-state index contributed by atoms with van der Waals surface area (Å²) in [6, 6.07) is 15.8. The van der Waals surface area contributed by atoms with E-state index in [-0.39, 0.29) is 18.0 Å². The number of nitrogens with one attached hydrogen (secondary N) is 1. The van der Waals surface area contributed by atoms with E-state index in [0.29, 0.717) is 11.8 Å². The fraction of sp³-hybridized carbons (Fsp3) is 0.111. The summed E-state index contributed by atoms with van der Waals surface area (Å²) in [6.45, 7) is 0.0927. The third-order valence-corrected chi connectivity index (χ3v) is 5.04. The molecule has 0 aliphatic rings. The van der Waals surface area contributed by atoms with Crippen LogP contribution in [0, 0.1) is 11.6 Å². The Labute approximate surface area is 144 Å². The van der Waals surface area contributed by atoms with Gasteiger partial charge in [0.05, 0.1) is 4.90 Å². The van der Waals surface area contributed by atoms with E-state index in [1.807, 2.05) is 36.4 Å². The lowest BCUT2D eigenvalue weighted by molar-refractivity contribution is 0.323. The Bertz CT molecular complexity index is 1010. The fourth-order valence-corrected chi connectivity index (χ4v) is 3.35. The molecule has 1 N–H and O–H groups in total. The normalized spacial score (nSPS) is 11.6. The molecule has 0 saturated carbocycles. The Balaban J connectivity index is 1.58. The highest BCUT2D eigenvalue weighted by Crippen LogP contribution is 2.20. The van der Waals surface area contributed by atoms with E-state index >= 15 is 0 Å². The lowest BCUT2D eigenvalue weighted by Gasteiger charge is -2.09. The molecular weight excluding hydrogens is 348 g/mol. The maximum atomic E-state index is 13.2. The number of hydrogen-bond donors (Lipinski definition) is 1. The molecule has 0 aliphatic carbocycles. The van der Waals surface area contributed by atoms with Crippen molar-refractivity contribution in [2.24, 2.45) is 0 Å². The molecule has 3 aromatic rings. The number of halogens is 2. The molecule has 0 atom stereocenters. The zero-order valence-corrected chi connectivity index (χ0v) is 13.9. The molecular formula is C18H15F2NO3S. The minimum atomic E-state index is -3.93. The van der Waals surface area contributed by atoms with E-state index in [2.05, 4.69) is 4.72 Å². The number of ether oxygens (including phenoxy) is 1. The molecule has 3 aromatic carbocycles. The van der Waals surface area contributed by atoms with Gasteiger partial charge in [0.15, 0.2) is 11.6 Å². The Morgan fingerprint density at radius 1 is 0.880 bits per heavy atom. The maximum absolute atomic E-state index is 13.2. The van der Waals surface area contributed by atoms with Gasteiger partial charge in [-0.15, -0.1) is 0 Å². The van der Waals surface area contributed by atoms with Crippen LogP contribution in [0.1, 0.15) is 0 Å². The topological polar surface area (TPSA) is 55.4 Å². The fourth-order valence-electron chi connectivity index (χ4n) is 2.33. The molecule has 0 aliphatic heterocycles. The van der Waals surface area contributed by atoms with Crippen LogP contribution in [0.25, 0.3) is 10.8 Å². The van der Waals surface area contributed by atoms with Gasteiger partial charge < -0.3 is 4.74 Å². The SMILES string of the molecule is O=S(=O)(NCCOc1ccc2ccccc2c1)c1ccc(F)c(F)c1. The van der Waals surface area contributed by atoms with Gasteiger partial charge in [-0.3, -0.25) is 0 Å². The van der Waals surface area contributed by atoms with Gasteiger partial charge in [0.2, 0.25) is 10.0 Å². The molecule has 130 valence electrons. The lowest BCUT2D eigenvalue weighted by atomic mass is 10.1. The van der Waals surface area contributed by atoms with Gasteiger partial charge in [-0.1, -0.05) is 30.3 Å². The summed E-state index contributed by atoms with van der Waals surface area (Å²) in [4.78, 5) is -0.336. The second kappa shape index (κ2) is 7.16. The van der Waals surface area contributed by atoms with Crippen molar-refractivity contribution in [2.45, 2.75) is 4.90 Å². The van der Waals surface area contributed by atoms with Gasteiger partial charge in [-0.25, -0.2) is 21.9 Å². The number of benzene rings is 3. The first-order valence-electron chi connectivity index (χ1n) is 7.52. The van der Waals surface area contributed by atoms with Gasteiger partial charge >= 0.3 is 0 Å². The molecule has 0 heterocycles. The van der Waals surface area contributed by atoms with Gasteiger partial charge in [0, 0.05) is 6.54 Å². The van der Waals surface area contributed by atoms with Crippen molar-refractivity contribution in [1.29, 1.82) is 0 Å². The van der Waals surface area contributed by atoms with Gasteiger partial charge in [0.25, 0.3) is 0 Å². The van der Waals surface area contributed by atoms with Crippen molar-refractivity contribution in [2.75, 3.05) is 13.2 Å². The van der Waals surface area contributed by atoms with Crippen LogP contribution in [0.15, 0.2) is 65.6 Å². The van der Waals surface area contributed by atoms with Crippen molar-refractivity contribution in [3.8, 4) is 5.75 Å². The predicted molar refractivity (Wildman–Crippen MR) is 91.0 cm³/mol. The standard InChI is InChI=1S/C18H15F2NO3S/c19-17-8-7-16(12-18(17)20)25(22,23)21-9-10-24-15-6-5-13-3-1-2-4-14(13)11-15/h1-8,11-12,21H,9-10H2. The van der Waals surface area contributed by atoms with E-state index in [9.17, 15) is 17.2 Å². The first-order chi connectivity index (χ1) is 12.0. The summed E-state index contributed by atoms with van der Waals surface area (Å²) in [5.74, 6) is -1.69. The predicted octanol–water partition coefficient (Wildman–Crippen LogP) is 3.48. The van der Waals surface area contributed by atoms with Gasteiger partial charge in [0.1, 0.15) is 12.4 Å². The molecule has 7 heteroatoms. The highest BCUT2D eigenvalue weighted by Gasteiger charge is 2.15. The smallest absolute Gasteiger partial charge is 0.240 e. The van der Waals surface area contributed by atoms with Crippen LogP contribution < -0.4 is 9.46 Å². The van der Waals surface area contributed by atoms with Crippen LogP contribution in [0.2, 0.25) is 0 Å². The van der Waals surface area contributed by atoms with Crippen molar-refractivity contribution >= 4 is 20.8 Å². The summed E-state index contributed by atoms with van der Waals surface area (Å²) >= 11 is 0. The minimum Gasteiger partial charge on any atom is -0.492 e. The molecule has 25 heavy (non-hydrogen) atoms. The maximum Gasteiger partial charge on any atom is 0.240 e. The van der Waals surface area contributed by atoms with Crippen molar-refractivity contribution in [3.63, 3.8) is 0 Å². The van der Waals surface area contributed by atoms with Gasteiger partial charge in [-0.05, 0) is 41.1 Å². The largest absolute Gasteiger partial charge is 0.492 e. The summed E-state index contributed by atoms with van der Waals surface area (Å²) < 4.78 is 57.9. The van der Waals surface area contributed by atoms with Crippen molar-refractivity contribution < 1.29 is 21.9 Å². The molecule has 0 bridgehead atoms. The molecule has 0 saturated heterocycles. The van der Waals surface area contributed by atoms with Gasteiger partial charge in [-0.2, -0.15) is 0 Å². The van der Waals surface area contributed by atoms with Crippen LogP contribution in [0.4, 0.5) is 8.78 Å². The Morgan fingerprint density at radius 3 is 2.40 bits per heavy atom. The average Bonchev–Trinajstić information content (AvgIpc) is 2.61. The number of rotatable bonds is 6. The highest BCUT2D eigenvalue weighted by molar-refractivity contribution is 7.89. The van der Waals surface area contributed by atoms with E-state index in [1.54, 1.807) is 6.07 Å². The van der Waals surface area contributed by atoms with Crippen LogP contribution in [-0.2, 0) is 10.0 Å².